The van der Waals surface area contributed by atoms with Crippen molar-refractivity contribution in [2.24, 2.45) is 0 Å². The Hall–Kier alpha value is -2.36. The number of nitrogens with zero attached hydrogens (tertiary/aromatic N) is 2. The van der Waals surface area contributed by atoms with E-state index in [1.54, 1.807) is 18.2 Å². The van der Waals surface area contributed by atoms with Crippen molar-refractivity contribution in [3.8, 4) is 0 Å². The Morgan fingerprint density at radius 2 is 1.86 bits per heavy atom. The molecule has 0 spiro atoms. The first-order valence-corrected chi connectivity index (χ1v) is 7.84. The van der Waals surface area contributed by atoms with Gasteiger partial charge in [-0.05, 0) is 42.9 Å². The molecule has 0 saturated heterocycles. The summed E-state index contributed by atoms with van der Waals surface area (Å²) in [6.45, 7) is 0. The van der Waals surface area contributed by atoms with E-state index in [9.17, 15) is 10.0 Å². The topological polar surface area (TPSA) is 47.2 Å². The highest BCUT2D eigenvalue weighted by Crippen LogP contribution is 2.42. The summed E-state index contributed by atoms with van der Waals surface area (Å²) in [5, 5.41) is 11.9. The Labute approximate surface area is 129 Å². The SMILES string of the molecule is O=C(c1cccc[n+]1[O-])N(C1CC1)C1CCc2ccccc21. The van der Waals surface area contributed by atoms with Gasteiger partial charge < -0.3 is 10.1 Å². The molecule has 0 bridgehead atoms. The minimum Gasteiger partial charge on any atom is -0.618 e. The minimum atomic E-state index is -0.139. The van der Waals surface area contributed by atoms with Crippen LogP contribution < -0.4 is 4.73 Å². The Balaban J connectivity index is 1.71. The van der Waals surface area contributed by atoms with E-state index in [-0.39, 0.29) is 23.7 Å². The van der Waals surface area contributed by atoms with Gasteiger partial charge in [-0.1, -0.05) is 24.3 Å². The molecule has 1 saturated carbocycles. The van der Waals surface area contributed by atoms with E-state index >= 15 is 0 Å². The van der Waals surface area contributed by atoms with Crippen LogP contribution in [0.4, 0.5) is 0 Å². The van der Waals surface area contributed by atoms with Gasteiger partial charge in [0.2, 0.25) is 0 Å². The molecule has 1 aromatic carbocycles. The van der Waals surface area contributed by atoms with Crippen LogP contribution in [0.5, 0.6) is 0 Å². The van der Waals surface area contributed by atoms with Crippen LogP contribution in [0.15, 0.2) is 48.7 Å². The van der Waals surface area contributed by atoms with Gasteiger partial charge in [0.15, 0.2) is 6.20 Å². The van der Waals surface area contributed by atoms with Crippen LogP contribution in [0.3, 0.4) is 0 Å². The zero-order chi connectivity index (χ0) is 15.1. The maximum atomic E-state index is 12.9. The lowest BCUT2D eigenvalue weighted by Crippen LogP contribution is -2.43. The molecule has 1 fully saturated rings. The number of carbonyl (C=O) groups excluding carboxylic acids is 1. The van der Waals surface area contributed by atoms with Crippen LogP contribution in [-0.4, -0.2) is 16.8 Å². The summed E-state index contributed by atoms with van der Waals surface area (Å²) < 4.78 is 0.679. The summed E-state index contributed by atoms with van der Waals surface area (Å²) in [4.78, 5) is 14.9. The van der Waals surface area contributed by atoms with E-state index < -0.39 is 0 Å². The van der Waals surface area contributed by atoms with E-state index in [1.165, 1.54) is 17.3 Å². The van der Waals surface area contributed by atoms with Crippen molar-refractivity contribution in [3.05, 3.63) is 70.7 Å². The fourth-order valence-corrected chi connectivity index (χ4v) is 3.46. The van der Waals surface area contributed by atoms with Gasteiger partial charge in [0.1, 0.15) is 0 Å². The summed E-state index contributed by atoms with van der Waals surface area (Å²) in [6.07, 6.45) is 5.42. The molecule has 2 aromatic rings. The molecule has 2 aliphatic carbocycles. The summed E-state index contributed by atoms with van der Waals surface area (Å²) in [5.41, 5.74) is 2.80. The van der Waals surface area contributed by atoms with E-state index in [4.69, 9.17) is 0 Å². The second-order valence-corrected chi connectivity index (χ2v) is 6.11. The van der Waals surface area contributed by atoms with Gasteiger partial charge >= 0.3 is 5.91 Å². The first kappa shape index (κ1) is 13.3. The molecule has 1 unspecified atom stereocenters. The first-order chi connectivity index (χ1) is 10.8. The Morgan fingerprint density at radius 3 is 2.64 bits per heavy atom. The summed E-state index contributed by atoms with van der Waals surface area (Å²) in [6, 6.07) is 13.7. The zero-order valence-electron chi connectivity index (χ0n) is 12.3. The number of aromatic nitrogens is 1. The van der Waals surface area contributed by atoms with E-state index in [1.807, 2.05) is 17.0 Å². The molecule has 1 amide bonds. The number of amides is 1. The zero-order valence-corrected chi connectivity index (χ0v) is 12.3. The fraction of sp³-hybridized carbons (Fsp3) is 0.333. The van der Waals surface area contributed by atoms with Crippen molar-refractivity contribution in [2.75, 3.05) is 0 Å². The highest BCUT2D eigenvalue weighted by Gasteiger charge is 2.42. The van der Waals surface area contributed by atoms with Crippen LogP contribution in [0.25, 0.3) is 0 Å². The number of carbonyl (C=O) groups is 1. The Morgan fingerprint density at radius 1 is 1.09 bits per heavy atom. The molecular weight excluding hydrogens is 276 g/mol. The lowest BCUT2D eigenvalue weighted by Gasteiger charge is -2.29. The van der Waals surface area contributed by atoms with E-state index in [0.717, 1.165) is 25.7 Å². The monoisotopic (exact) mass is 294 g/mol. The molecule has 1 atom stereocenters. The smallest absolute Gasteiger partial charge is 0.320 e. The van der Waals surface area contributed by atoms with Crippen molar-refractivity contribution in [2.45, 2.75) is 37.8 Å². The molecule has 0 radical (unpaired) electrons. The van der Waals surface area contributed by atoms with E-state index in [2.05, 4.69) is 12.1 Å². The Bertz CT molecular complexity index is 725. The molecule has 112 valence electrons. The molecule has 1 heterocycles. The third-order valence-corrected chi connectivity index (χ3v) is 4.65. The second kappa shape index (κ2) is 5.13. The third kappa shape index (κ3) is 2.15. The number of pyridine rings is 1. The number of hydrogen-bond acceptors (Lipinski definition) is 2. The van der Waals surface area contributed by atoms with Gasteiger partial charge in [-0.3, -0.25) is 4.79 Å². The maximum Gasteiger partial charge on any atom is 0.320 e. The number of hydrogen-bond donors (Lipinski definition) is 0. The van der Waals surface area contributed by atoms with Crippen LogP contribution in [0.2, 0.25) is 0 Å². The van der Waals surface area contributed by atoms with Gasteiger partial charge in [0.05, 0.1) is 6.04 Å². The van der Waals surface area contributed by atoms with Gasteiger partial charge in [-0.25, -0.2) is 0 Å². The molecule has 4 rings (SSSR count). The Kier molecular flexibility index (Phi) is 3.10. The number of rotatable bonds is 3. The molecule has 22 heavy (non-hydrogen) atoms. The fourth-order valence-electron chi connectivity index (χ4n) is 3.46. The van der Waals surface area contributed by atoms with Crippen molar-refractivity contribution in [1.29, 1.82) is 0 Å². The quantitative estimate of drug-likeness (QED) is 0.645. The average Bonchev–Trinajstić information content (AvgIpc) is 3.28. The standard InChI is InChI=1S/C18H18N2O2/c21-18(17-7-3-4-12-19(17)22)20(14-9-10-14)16-11-8-13-5-1-2-6-15(13)16/h1-7,12,14,16H,8-11H2. The lowest BCUT2D eigenvalue weighted by molar-refractivity contribution is -0.608. The molecule has 4 nitrogen and oxygen atoms in total. The molecule has 0 N–H and O–H groups in total. The number of aryl methyl sites for hydroxylation is 1. The number of fused-ring (bicyclic) bond motifs is 1. The van der Waals surface area contributed by atoms with Gasteiger partial charge in [-0.15, -0.1) is 0 Å². The predicted molar refractivity (Wildman–Crippen MR) is 82.1 cm³/mol. The van der Waals surface area contributed by atoms with Crippen molar-refractivity contribution >= 4 is 5.91 Å². The molecule has 2 aliphatic rings. The van der Waals surface area contributed by atoms with Crippen LogP contribution in [-0.2, 0) is 6.42 Å². The normalized spacial score (nSPS) is 19.7. The van der Waals surface area contributed by atoms with Crippen molar-refractivity contribution in [1.82, 2.24) is 4.90 Å². The lowest BCUT2D eigenvalue weighted by atomic mass is 10.1. The van der Waals surface area contributed by atoms with Crippen LogP contribution in [0, 0.1) is 5.21 Å². The van der Waals surface area contributed by atoms with Gasteiger partial charge in [0, 0.05) is 18.2 Å². The first-order valence-electron chi connectivity index (χ1n) is 7.84. The number of benzene rings is 1. The van der Waals surface area contributed by atoms with Crippen molar-refractivity contribution in [3.63, 3.8) is 0 Å². The van der Waals surface area contributed by atoms with Crippen molar-refractivity contribution < 1.29 is 9.52 Å². The molecule has 0 aliphatic heterocycles. The van der Waals surface area contributed by atoms with Crippen LogP contribution in [0.1, 0.15) is 46.9 Å². The maximum absolute atomic E-state index is 12.9. The molecule has 1 aromatic heterocycles. The van der Waals surface area contributed by atoms with Gasteiger partial charge in [0.25, 0.3) is 5.69 Å². The highest BCUT2D eigenvalue weighted by molar-refractivity contribution is 5.91. The molecular formula is C18H18N2O2. The van der Waals surface area contributed by atoms with Gasteiger partial charge in [-0.2, -0.15) is 4.73 Å². The van der Waals surface area contributed by atoms with E-state index in [0.29, 0.717) is 4.73 Å². The highest BCUT2D eigenvalue weighted by atomic mass is 16.5. The molecule has 4 heteroatoms. The third-order valence-electron chi connectivity index (χ3n) is 4.65. The minimum absolute atomic E-state index is 0.108. The predicted octanol–water partition coefficient (Wildman–Crippen LogP) is 2.61. The van der Waals surface area contributed by atoms with Crippen LogP contribution >= 0.6 is 0 Å². The second-order valence-electron chi connectivity index (χ2n) is 6.11. The summed E-state index contributed by atoms with van der Waals surface area (Å²) in [7, 11) is 0. The largest absolute Gasteiger partial charge is 0.618 e. The average molecular weight is 294 g/mol. The summed E-state index contributed by atoms with van der Waals surface area (Å²) >= 11 is 0. The summed E-state index contributed by atoms with van der Waals surface area (Å²) in [5.74, 6) is -0.139.